The van der Waals surface area contributed by atoms with E-state index in [2.05, 4.69) is 6.92 Å². The highest BCUT2D eigenvalue weighted by Gasteiger charge is 2.28. The first-order valence-electron chi connectivity index (χ1n) is 6.05. The van der Waals surface area contributed by atoms with Crippen LogP contribution in [0.2, 0.25) is 0 Å². The Hall–Kier alpha value is -0.570. The van der Waals surface area contributed by atoms with Crippen molar-refractivity contribution in [1.29, 1.82) is 0 Å². The Bertz CT molecular complexity index is 200. The second-order valence-electron chi connectivity index (χ2n) is 4.72. The largest absolute Gasteiger partial charge is 0.393 e. The van der Waals surface area contributed by atoms with Crippen LogP contribution in [0.4, 0.5) is 0 Å². The van der Waals surface area contributed by atoms with E-state index in [-0.39, 0.29) is 12.0 Å². The van der Waals surface area contributed by atoms with Crippen molar-refractivity contribution in [3.63, 3.8) is 0 Å². The molecule has 3 heteroatoms. The van der Waals surface area contributed by atoms with E-state index < -0.39 is 0 Å². The number of hydrogen-bond acceptors (Lipinski definition) is 2. The predicted octanol–water partition coefficient (Wildman–Crippen LogP) is 1.80. The molecule has 0 aromatic heterocycles. The molecule has 1 rings (SSSR count). The van der Waals surface area contributed by atoms with Gasteiger partial charge in [0.25, 0.3) is 0 Å². The highest BCUT2D eigenvalue weighted by atomic mass is 16.3. The minimum Gasteiger partial charge on any atom is -0.393 e. The fourth-order valence-corrected chi connectivity index (χ4v) is 2.06. The summed E-state index contributed by atoms with van der Waals surface area (Å²) in [5, 5.41) is 9.14. The lowest BCUT2D eigenvalue weighted by atomic mass is 9.82. The summed E-state index contributed by atoms with van der Waals surface area (Å²) in [6.45, 7) is 2.96. The van der Waals surface area contributed by atoms with Crippen molar-refractivity contribution >= 4 is 5.91 Å². The minimum atomic E-state index is -0.112. The molecule has 0 saturated heterocycles. The third-order valence-corrected chi connectivity index (χ3v) is 3.16. The van der Waals surface area contributed by atoms with Gasteiger partial charge in [0, 0.05) is 20.0 Å². The van der Waals surface area contributed by atoms with Gasteiger partial charge in [-0.2, -0.15) is 0 Å². The second kappa shape index (κ2) is 6.11. The first-order valence-corrected chi connectivity index (χ1v) is 6.05. The average molecular weight is 213 g/mol. The van der Waals surface area contributed by atoms with E-state index in [1.807, 2.05) is 11.9 Å². The molecule has 1 fully saturated rings. The molecule has 1 saturated carbocycles. The maximum Gasteiger partial charge on any atom is 0.222 e. The first-order chi connectivity index (χ1) is 7.13. The standard InChI is InChI=1S/C12H23NO2/c1-3-4-5-6-12(15)13(2)9-10-7-11(14)8-10/h10-11,14H,3-9H2,1-2H3. The molecule has 15 heavy (non-hydrogen) atoms. The lowest BCUT2D eigenvalue weighted by Crippen LogP contribution is -2.39. The van der Waals surface area contributed by atoms with Crippen molar-refractivity contribution in [1.82, 2.24) is 4.90 Å². The lowest BCUT2D eigenvalue weighted by molar-refractivity contribution is -0.131. The van der Waals surface area contributed by atoms with E-state index in [0.29, 0.717) is 12.3 Å². The smallest absolute Gasteiger partial charge is 0.222 e. The number of carbonyl (C=O) groups is 1. The fraction of sp³-hybridized carbons (Fsp3) is 0.917. The quantitative estimate of drug-likeness (QED) is 0.683. The van der Waals surface area contributed by atoms with E-state index in [9.17, 15) is 4.79 Å². The van der Waals surface area contributed by atoms with Crippen LogP contribution in [0.15, 0.2) is 0 Å². The molecule has 1 aliphatic carbocycles. The predicted molar refractivity (Wildman–Crippen MR) is 60.5 cm³/mol. The van der Waals surface area contributed by atoms with Crippen molar-refractivity contribution < 1.29 is 9.90 Å². The van der Waals surface area contributed by atoms with Crippen LogP contribution in [0.3, 0.4) is 0 Å². The highest BCUT2D eigenvalue weighted by Crippen LogP contribution is 2.27. The molecule has 0 heterocycles. The third-order valence-electron chi connectivity index (χ3n) is 3.16. The Morgan fingerprint density at radius 1 is 1.40 bits per heavy atom. The second-order valence-corrected chi connectivity index (χ2v) is 4.72. The summed E-state index contributed by atoms with van der Waals surface area (Å²) < 4.78 is 0. The van der Waals surface area contributed by atoms with Crippen molar-refractivity contribution in [2.24, 2.45) is 5.92 Å². The Kier molecular flexibility index (Phi) is 5.09. The summed E-state index contributed by atoms with van der Waals surface area (Å²) >= 11 is 0. The average Bonchev–Trinajstić information content (AvgIpc) is 2.15. The Morgan fingerprint density at radius 3 is 2.60 bits per heavy atom. The van der Waals surface area contributed by atoms with E-state index in [0.717, 1.165) is 38.6 Å². The zero-order valence-electron chi connectivity index (χ0n) is 9.91. The highest BCUT2D eigenvalue weighted by molar-refractivity contribution is 5.75. The summed E-state index contributed by atoms with van der Waals surface area (Å²) in [6, 6.07) is 0. The number of unbranched alkanes of at least 4 members (excludes halogenated alkanes) is 2. The zero-order valence-corrected chi connectivity index (χ0v) is 9.91. The van der Waals surface area contributed by atoms with Crippen LogP contribution in [0.1, 0.15) is 45.4 Å². The number of aliphatic hydroxyl groups excluding tert-OH is 1. The van der Waals surface area contributed by atoms with Crippen molar-refractivity contribution in [2.75, 3.05) is 13.6 Å². The molecule has 0 atom stereocenters. The number of nitrogens with zero attached hydrogens (tertiary/aromatic N) is 1. The van der Waals surface area contributed by atoms with Gasteiger partial charge in [0.2, 0.25) is 5.91 Å². The van der Waals surface area contributed by atoms with Gasteiger partial charge in [-0.3, -0.25) is 4.79 Å². The van der Waals surface area contributed by atoms with Crippen LogP contribution >= 0.6 is 0 Å². The molecular weight excluding hydrogens is 190 g/mol. The van der Waals surface area contributed by atoms with Gasteiger partial charge in [-0.05, 0) is 25.2 Å². The van der Waals surface area contributed by atoms with E-state index in [1.54, 1.807) is 0 Å². The molecule has 1 N–H and O–H groups in total. The molecule has 0 unspecified atom stereocenters. The SMILES string of the molecule is CCCCCC(=O)N(C)CC1CC(O)C1. The van der Waals surface area contributed by atoms with Crippen LogP contribution < -0.4 is 0 Å². The van der Waals surface area contributed by atoms with Crippen LogP contribution in [0.25, 0.3) is 0 Å². The van der Waals surface area contributed by atoms with Crippen molar-refractivity contribution in [3.8, 4) is 0 Å². The van der Waals surface area contributed by atoms with E-state index in [4.69, 9.17) is 5.11 Å². The Morgan fingerprint density at radius 2 is 2.07 bits per heavy atom. The minimum absolute atomic E-state index is 0.112. The Balaban J connectivity index is 2.10. The molecule has 0 aromatic rings. The summed E-state index contributed by atoms with van der Waals surface area (Å²) in [6.07, 6.45) is 5.61. The maximum atomic E-state index is 11.6. The summed E-state index contributed by atoms with van der Waals surface area (Å²) in [7, 11) is 1.87. The van der Waals surface area contributed by atoms with Gasteiger partial charge < -0.3 is 10.0 Å². The fourth-order valence-electron chi connectivity index (χ4n) is 2.06. The third kappa shape index (κ3) is 4.20. The number of rotatable bonds is 6. The van der Waals surface area contributed by atoms with Gasteiger partial charge in [0.05, 0.1) is 6.10 Å². The molecule has 0 spiro atoms. The van der Waals surface area contributed by atoms with Crippen LogP contribution in [-0.2, 0) is 4.79 Å². The Labute approximate surface area is 92.5 Å². The van der Waals surface area contributed by atoms with Gasteiger partial charge in [-0.25, -0.2) is 0 Å². The van der Waals surface area contributed by atoms with Crippen molar-refractivity contribution in [2.45, 2.75) is 51.6 Å². The van der Waals surface area contributed by atoms with Gasteiger partial charge in [-0.1, -0.05) is 19.8 Å². The molecule has 1 aliphatic rings. The number of aliphatic hydroxyl groups is 1. The van der Waals surface area contributed by atoms with Crippen LogP contribution in [0, 0.1) is 5.92 Å². The molecule has 0 aliphatic heterocycles. The monoisotopic (exact) mass is 213 g/mol. The van der Waals surface area contributed by atoms with Gasteiger partial charge in [0.15, 0.2) is 0 Å². The van der Waals surface area contributed by atoms with E-state index >= 15 is 0 Å². The first kappa shape index (κ1) is 12.5. The molecule has 0 bridgehead atoms. The number of carbonyl (C=O) groups excluding carboxylic acids is 1. The molecule has 1 amide bonds. The summed E-state index contributed by atoms with van der Waals surface area (Å²) in [4.78, 5) is 13.5. The number of hydrogen-bond donors (Lipinski definition) is 1. The molecule has 0 radical (unpaired) electrons. The van der Waals surface area contributed by atoms with Gasteiger partial charge in [0.1, 0.15) is 0 Å². The van der Waals surface area contributed by atoms with Gasteiger partial charge in [-0.15, -0.1) is 0 Å². The summed E-state index contributed by atoms with van der Waals surface area (Å²) in [5.41, 5.74) is 0. The number of amides is 1. The lowest BCUT2D eigenvalue weighted by Gasteiger charge is -2.34. The van der Waals surface area contributed by atoms with Crippen LogP contribution in [0.5, 0.6) is 0 Å². The molecule has 0 aromatic carbocycles. The summed E-state index contributed by atoms with van der Waals surface area (Å²) in [5.74, 6) is 0.782. The zero-order chi connectivity index (χ0) is 11.3. The normalized spacial score (nSPS) is 24.7. The van der Waals surface area contributed by atoms with Crippen LogP contribution in [-0.4, -0.2) is 35.6 Å². The van der Waals surface area contributed by atoms with Gasteiger partial charge >= 0.3 is 0 Å². The van der Waals surface area contributed by atoms with E-state index in [1.165, 1.54) is 0 Å². The molecule has 88 valence electrons. The molecular formula is C12H23NO2. The topological polar surface area (TPSA) is 40.5 Å². The van der Waals surface area contributed by atoms with Crippen molar-refractivity contribution in [3.05, 3.63) is 0 Å². The molecule has 3 nitrogen and oxygen atoms in total. The maximum absolute atomic E-state index is 11.6.